The highest BCUT2D eigenvalue weighted by Crippen LogP contribution is 2.22. The highest BCUT2D eigenvalue weighted by atomic mass is 16.4. The van der Waals surface area contributed by atoms with Crippen molar-refractivity contribution in [1.82, 2.24) is 10.2 Å². The number of carbonyl (C=O) groups excluding carboxylic acids is 2. The van der Waals surface area contributed by atoms with Gasteiger partial charge in [0.15, 0.2) is 5.60 Å². The van der Waals surface area contributed by atoms with Crippen molar-refractivity contribution in [2.24, 2.45) is 0 Å². The number of benzene rings is 1. The summed E-state index contributed by atoms with van der Waals surface area (Å²) in [5.74, 6) is -1.54. The Balaban J connectivity index is 1.68. The van der Waals surface area contributed by atoms with E-state index in [0.717, 1.165) is 5.56 Å². The smallest absolute Gasteiger partial charge is 0.335 e. The van der Waals surface area contributed by atoms with E-state index in [1.165, 1.54) is 4.90 Å². The van der Waals surface area contributed by atoms with Crippen LogP contribution in [0.2, 0.25) is 0 Å². The summed E-state index contributed by atoms with van der Waals surface area (Å²) in [4.78, 5) is 36.3. The molecular weight excluding hydrogens is 312 g/mol. The Hall–Kier alpha value is -2.41. The van der Waals surface area contributed by atoms with Gasteiger partial charge in [-0.1, -0.05) is 30.3 Å². The molecule has 1 saturated heterocycles. The van der Waals surface area contributed by atoms with E-state index in [2.05, 4.69) is 5.32 Å². The number of carboxylic acids is 1. The molecule has 24 heavy (non-hydrogen) atoms. The lowest BCUT2D eigenvalue weighted by Crippen LogP contribution is -2.51. The van der Waals surface area contributed by atoms with Crippen molar-refractivity contribution in [3.8, 4) is 0 Å². The Labute approximate surface area is 140 Å². The van der Waals surface area contributed by atoms with Crippen LogP contribution in [0.3, 0.4) is 0 Å². The first-order chi connectivity index (χ1) is 11.4. The Morgan fingerprint density at radius 3 is 2.33 bits per heavy atom. The number of piperidine rings is 1. The summed E-state index contributed by atoms with van der Waals surface area (Å²) in [5.41, 5.74) is -0.828. The van der Waals surface area contributed by atoms with Gasteiger partial charge in [-0.3, -0.25) is 9.59 Å². The van der Waals surface area contributed by atoms with Crippen molar-refractivity contribution in [1.29, 1.82) is 0 Å². The van der Waals surface area contributed by atoms with Crippen LogP contribution >= 0.6 is 0 Å². The fraction of sp³-hybridized carbons (Fsp3) is 0.471. The van der Waals surface area contributed by atoms with Gasteiger partial charge in [0, 0.05) is 38.9 Å². The summed E-state index contributed by atoms with van der Waals surface area (Å²) in [6, 6.07) is 9.33. The van der Waals surface area contributed by atoms with Gasteiger partial charge in [-0.15, -0.1) is 0 Å². The second-order valence-electron chi connectivity index (χ2n) is 5.98. The first-order valence-corrected chi connectivity index (χ1v) is 7.95. The summed E-state index contributed by atoms with van der Waals surface area (Å²) in [6.45, 7) is 0.656. The molecule has 7 nitrogen and oxygen atoms in total. The number of aliphatic carboxylic acids is 1. The Morgan fingerprint density at radius 2 is 1.75 bits per heavy atom. The monoisotopic (exact) mass is 334 g/mol. The van der Waals surface area contributed by atoms with Crippen molar-refractivity contribution >= 4 is 17.8 Å². The van der Waals surface area contributed by atoms with Gasteiger partial charge in [-0.25, -0.2) is 4.79 Å². The number of rotatable bonds is 6. The molecule has 1 heterocycles. The molecule has 1 aromatic rings. The van der Waals surface area contributed by atoms with E-state index in [4.69, 9.17) is 5.11 Å². The van der Waals surface area contributed by atoms with Crippen LogP contribution in [0.15, 0.2) is 30.3 Å². The summed E-state index contributed by atoms with van der Waals surface area (Å²) in [6.07, 6.45) is 0.472. The van der Waals surface area contributed by atoms with Crippen molar-refractivity contribution < 1.29 is 24.6 Å². The highest BCUT2D eigenvalue weighted by Gasteiger charge is 2.40. The highest BCUT2D eigenvalue weighted by molar-refractivity contribution is 5.81. The van der Waals surface area contributed by atoms with E-state index in [9.17, 15) is 19.5 Å². The second-order valence-corrected chi connectivity index (χ2v) is 5.98. The number of nitrogens with zero attached hydrogens (tertiary/aromatic N) is 1. The summed E-state index contributed by atoms with van der Waals surface area (Å²) in [7, 11) is 0. The average Bonchev–Trinajstić information content (AvgIpc) is 2.56. The third-order valence-corrected chi connectivity index (χ3v) is 4.21. The van der Waals surface area contributed by atoms with Gasteiger partial charge < -0.3 is 20.4 Å². The van der Waals surface area contributed by atoms with Crippen LogP contribution in [0, 0.1) is 0 Å². The molecule has 1 aliphatic rings. The van der Waals surface area contributed by atoms with E-state index in [0.29, 0.717) is 0 Å². The molecule has 0 bridgehead atoms. The van der Waals surface area contributed by atoms with Crippen LogP contribution in [0.4, 0.5) is 0 Å². The molecule has 2 rings (SSSR count). The zero-order chi connectivity index (χ0) is 17.6. The van der Waals surface area contributed by atoms with Crippen molar-refractivity contribution in [2.45, 2.75) is 31.3 Å². The van der Waals surface area contributed by atoms with Crippen LogP contribution in [0.25, 0.3) is 0 Å². The number of carbonyl (C=O) groups is 3. The van der Waals surface area contributed by atoms with Crippen molar-refractivity contribution in [3.63, 3.8) is 0 Å². The van der Waals surface area contributed by atoms with Crippen molar-refractivity contribution in [2.75, 3.05) is 19.6 Å². The first kappa shape index (κ1) is 17.9. The Kier molecular flexibility index (Phi) is 5.92. The average molecular weight is 334 g/mol. The van der Waals surface area contributed by atoms with Gasteiger partial charge in [0.05, 0.1) is 6.42 Å². The molecule has 0 spiro atoms. The minimum absolute atomic E-state index is 0.0223. The van der Waals surface area contributed by atoms with Crippen LogP contribution in [0.5, 0.6) is 0 Å². The van der Waals surface area contributed by atoms with Crippen LogP contribution in [0.1, 0.15) is 24.8 Å². The molecule has 0 atom stereocenters. The number of carboxylic acid groups (broad SMARTS) is 1. The Bertz CT molecular complexity index is 594. The summed E-state index contributed by atoms with van der Waals surface area (Å²) < 4.78 is 0. The normalized spacial score (nSPS) is 16.5. The lowest BCUT2D eigenvalue weighted by molar-refractivity contribution is -0.165. The van der Waals surface area contributed by atoms with Gasteiger partial charge >= 0.3 is 5.97 Å². The van der Waals surface area contributed by atoms with E-state index in [-0.39, 0.29) is 57.1 Å². The maximum absolute atomic E-state index is 12.1. The number of likely N-dealkylation sites (tertiary alicyclic amines) is 1. The number of nitrogens with one attached hydrogen (secondary N) is 1. The minimum Gasteiger partial charge on any atom is -0.479 e. The molecule has 130 valence electrons. The maximum Gasteiger partial charge on any atom is 0.335 e. The fourth-order valence-corrected chi connectivity index (χ4v) is 2.65. The van der Waals surface area contributed by atoms with Gasteiger partial charge in [0.2, 0.25) is 11.8 Å². The van der Waals surface area contributed by atoms with E-state index in [1.54, 1.807) is 0 Å². The van der Waals surface area contributed by atoms with Crippen LogP contribution in [-0.4, -0.2) is 58.1 Å². The number of hydrogen-bond donors (Lipinski definition) is 3. The van der Waals surface area contributed by atoms with Gasteiger partial charge in [-0.2, -0.15) is 0 Å². The molecule has 0 aromatic heterocycles. The van der Waals surface area contributed by atoms with Crippen molar-refractivity contribution in [3.05, 3.63) is 35.9 Å². The molecule has 0 radical (unpaired) electrons. The topological polar surface area (TPSA) is 107 Å². The fourth-order valence-electron chi connectivity index (χ4n) is 2.65. The predicted octanol–water partition coefficient (Wildman–Crippen LogP) is 0.174. The van der Waals surface area contributed by atoms with Crippen LogP contribution in [-0.2, 0) is 20.8 Å². The zero-order valence-corrected chi connectivity index (χ0v) is 13.4. The number of amides is 2. The molecular formula is C17H22N2O5. The van der Waals surface area contributed by atoms with Gasteiger partial charge in [-0.05, 0) is 5.56 Å². The zero-order valence-electron chi connectivity index (χ0n) is 13.4. The summed E-state index contributed by atoms with van der Waals surface area (Å²) in [5, 5.41) is 21.5. The lowest BCUT2D eigenvalue weighted by atomic mass is 9.91. The molecule has 0 unspecified atom stereocenters. The number of hydrogen-bond acceptors (Lipinski definition) is 4. The molecule has 7 heteroatoms. The molecule has 1 fully saturated rings. The van der Waals surface area contributed by atoms with Gasteiger partial charge in [0.25, 0.3) is 0 Å². The molecule has 3 N–H and O–H groups in total. The molecule has 1 aromatic carbocycles. The van der Waals surface area contributed by atoms with E-state index >= 15 is 0 Å². The minimum atomic E-state index is -1.74. The lowest BCUT2D eigenvalue weighted by Gasteiger charge is -2.35. The van der Waals surface area contributed by atoms with Gasteiger partial charge in [0.1, 0.15) is 0 Å². The maximum atomic E-state index is 12.1. The molecule has 1 aliphatic heterocycles. The third kappa shape index (κ3) is 4.79. The van der Waals surface area contributed by atoms with E-state index < -0.39 is 11.6 Å². The summed E-state index contributed by atoms with van der Waals surface area (Å²) >= 11 is 0. The number of aliphatic hydroxyl groups is 1. The SMILES string of the molecule is O=C(Cc1ccccc1)NCCC(=O)N1CCC(O)(C(=O)O)CC1. The second kappa shape index (κ2) is 7.92. The van der Waals surface area contributed by atoms with E-state index in [1.807, 2.05) is 30.3 Å². The quantitative estimate of drug-likeness (QED) is 0.688. The molecule has 0 aliphatic carbocycles. The predicted molar refractivity (Wildman–Crippen MR) is 86.2 cm³/mol. The Morgan fingerprint density at radius 1 is 1.12 bits per heavy atom. The standard InChI is InChI=1S/C17H22N2O5/c20-14(12-13-4-2-1-3-5-13)18-9-6-15(21)19-10-7-17(24,8-11-19)16(22)23/h1-5,24H,6-12H2,(H,18,20)(H,22,23). The molecule has 0 saturated carbocycles. The molecule has 2 amide bonds. The van der Waals surface area contributed by atoms with Crippen LogP contribution < -0.4 is 5.32 Å². The first-order valence-electron chi connectivity index (χ1n) is 7.95. The third-order valence-electron chi connectivity index (χ3n) is 4.21. The largest absolute Gasteiger partial charge is 0.479 e.